The molecule has 0 aliphatic carbocycles. The van der Waals surface area contributed by atoms with Gasteiger partial charge in [-0.05, 0) is 50.2 Å². The lowest BCUT2D eigenvalue weighted by molar-refractivity contribution is 0.102. The summed E-state index contributed by atoms with van der Waals surface area (Å²) < 4.78 is 26.3. The average Bonchev–Trinajstić information content (AvgIpc) is 2.73. The zero-order valence-corrected chi connectivity index (χ0v) is 16.1. The summed E-state index contributed by atoms with van der Waals surface area (Å²) in [7, 11) is 0. The molecule has 8 heteroatoms. The normalized spacial score (nSPS) is 10.5. The fourth-order valence-electron chi connectivity index (χ4n) is 2.81. The molecule has 0 aliphatic rings. The van der Waals surface area contributed by atoms with Gasteiger partial charge < -0.3 is 15.5 Å². The van der Waals surface area contributed by atoms with Crippen molar-refractivity contribution in [1.29, 1.82) is 0 Å². The van der Waals surface area contributed by atoms with Crippen LogP contribution < -0.4 is 15.5 Å². The highest BCUT2D eigenvalue weighted by molar-refractivity contribution is 6.03. The number of aromatic nitrogens is 2. The van der Waals surface area contributed by atoms with E-state index < -0.39 is 17.5 Å². The largest absolute Gasteiger partial charge is 0.372 e. The van der Waals surface area contributed by atoms with Gasteiger partial charge in [0.15, 0.2) is 11.6 Å². The summed E-state index contributed by atoms with van der Waals surface area (Å²) in [4.78, 5) is 22.6. The van der Waals surface area contributed by atoms with E-state index in [4.69, 9.17) is 0 Å². The molecule has 0 saturated carbocycles. The van der Waals surface area contributed by atoms with E-state index in [1.54, 1.807) is 0 Å². The molecule has 1 heterocycles. The Labute approximate surface area is 167 Å². The Kier molecular flexibility index (Phi) is 6.33. The second-order valence-electron chi connectivity index (χ2n) is 6.22. The molecule has 150 valence electrons. The molecule has 0 fully saturated rings. The van der Waals surface area contributed by atoms with Crippen molar-refractivity contribution in [1.82, 2.24) is 9.97 Å². The second kappa shape index (κ2) is 9.09. The van der Waals surface area contributed by atoms with Gasteiger partial charge in [0.05, 0.1) is 0 Å². The molecule has 29 heavy (non-hydrogen) atoms. The van der Waals surface area contributed by atoms with Crippen molar-refractivity contribution in [2.24, 2.45) is 0 Å². The average molecular weight is 397 g/mol. The molecular weight excluding hydrogens is 376 g/mol. The Morgan fingerprint density at radius 1 is 0.931 bits per heavy atom. The maximum absolute atomic E-state index is 13.3. The molecule has 3 rings (SSSR count). The fraction of sp³-hybridized carbons (Fsp3) is 0.190. The predicted octanol–water partition coefficient (Wildman–Crippen LogP) is 4.60. The summed E-state index contributed by atoms with van der Waals surface area (Å²) in [5.74, 6) is -2.14. The maximum Gasteiger partial charge on any atom is 0.274 e. The van der Waals surface area contributed by atoms with Crippen molar-refractivity contribution in [2.45, 2.75) is 13.8 Å². The first kappa shape index (κ1) is 20.2. The molecule has 0 radical (unpaired) electrons. The maximum atomic E-state index is 13.3. The van der Waals surface area contributed by atoms with E-state index in [-0.39, 0.29) is 11.4 Å². The van der Waals surface area contributed by atoms with Crippen molar-refractivity contribution in [3.05, 3.63) is 72.2 Å². The Morgan fingerprint density at radius 3 is 2.28 bits per heavy atom. The lowest BCUT2D eigenvalue weighted by Crippen LogP contribution is -2.21. The monoisotopic (exact) mass is 397 g/mol. The molecule has 2 N–H and O–H groups in total. The minimum Gasteiger partial charge on any atom is -0.372 e. The van der Waals surface area contributed by atoms with Gasteiger partial charge in [0.1, 0.15) is 17.8 Å². The number of halogens is 2. The van der Waals surface area contributed by atoms with Crippen molar-refractivity contribution < 1.29 is 13.6 Å². The number of anilines is 4. The van der Waals surface area contributed by atoms with E-state index in [9.17, 15) is 13.6 Å². The zero-order chi connectivity index (χ0) is 20.8. The van der Waals surface area contributed by atoms with E-state index in [1.807, 2.05) is 24.3 Å². The standard InChI is InChI=1S/C21H21F2N5O/c1-3-28(4-2)16-8-5-14(6-9-16)26-20-12-19(24-13-25-20)21(29)27-15-7-10-17(22)18(23)11-15/h5-13H,3-4H2,1-2H3,(H,27,29)(H,24,25,26). The summed E-state index contributed by atoms with van der Waals surface area (Å²) in [5, 5.41) is 5.60. The van der Waals surface area contributed by atoms with Crippen LogP contribution in [0.25, 0.3) is 0 Å². The minimum absolute atomic E-state index is 0.0898. The third-order valence-electron chi connectivity index (χ3n) is 4.35. The van der Waals surface area contributed by atoms with Crippen molar-refractivity contribution in [3.63, 3.8) is 0 Å². The molecular formula is C21H21F2N5O. The number of nitrogens with one attached hydrogen (secondary N) is 2. The third kappa shape index (κ3) is 5.04. The number of carbonyl (C=O) groups excluding carboxylic acids is 1. The molecule has 2 aromatic carbocycles. The van der Waals surface area contributed by atoms with Crippen molar-refractivity contribution in [3.8, 4) is 0 Å². The van der Waals surface area contributed by atoms with Crippen LogP contribution in [-0.4, -0.2) is 29.0 Å². The Hall–Kier alpha value is -3.55. The van der Waals surface area contributed by atoms with Crippen LogP contribution in [0.3, 0.4) is 0 Å². The molecule has 0 aliphatic heterocycles. The van der Waals surface area contributed by atoms with E-state index in [0.717, 1.165) is 36.6 Å². The first-order valence-electron chi connectivity index (χ1n) is 9.20. The molecule has 0 bridgehead atoms. The summed E-state index contributed by atoms with van der Waals surface area (Å²) >= 11 is 0. The Bertz CT molecular complexity index is 991. The van der Waals surface area contributed by atoms with Gasteiger partial charge in [-0.1, -0.05) is 0 Å². The number of benzene rings is 2. The molecule has 0 atom stereocenters. The van der Waals surface area contributed by atoms with E-state index >= 15 is 0 Å². The van der Waals surface area contributed by atoms with E-state index in [2.05, 4.69) is 39.3 Å². The summed E-state index contributed by atoms with van der Waals surface area (Å²) in [6.45, 7) is 6.05. The van der Waals surface area contributed by atoms with Crippen molar-refractivity contribution >= 4 is 28.8 Å². The minimum atomic E-state index is -1.04. The molecule has 0 unspecified atom stereocenters. The number of hydrogen-bond acceptors (Lipinski definition) is 5. The zero-order valence-electron chi connectivity index (χ0n) is 16.1. The van der Waals surface area contributed by atoms with Gasteiger partial charge in [-0.2, -0.15) is 0 Å². The van der Waals surface area contributed by atoms with Gasteiger partial charge >= 0.3 is 0 Å². The Morgan fingerprint density at radius 2 is 1.62 bits per heavy atom. The van der Waals surface area contributed by atoms with Crippen LogP contribution in [0.5, 0.6) is 0 Å². The highest BCUT2D eigenvalue weighted by Gasteiger charge is 2.11. The van der Waals surface area contributed by atoms with E-state index in [0.29, 0.717) is 5.82 Å². The topological polar surface area (TPSA) is 70.2 Å². The van der Waals surface area contributed by atoms with Crippen molar-refractivity contribution in [2.75, 3.05) is 28.6 Å². The van der Waals surface area contributed by atoms with Gasteiger partial charge in [-0.3, -0.25) is 4.79 Å². The first-order chi connectivity index (χ1) is 14.0. The number of rotatable bonds is 7. The van der Waals surface area contributed by atoms with Gasteiger partial charge in [-0.15, -0.1) is 0 Å². The number of carbonyl (C=O) groups is 1. The third-order valence-corrected chi connectivity index (χ3v) is 4.35. The van der Waals surface area contributed by atoms with E-state index in [1.165, 1.54) is 18.5 Å². The second-order valence-corrected chi connectivity index (χ2v) is 6.22. The van der Waals surface area contributed by atoms with Gasteiger partial charge in [0.25, 0.3) is 5.91 Å². The number of nitrogens with zero attached hydrogens (tertiary/aromatic N) is 3. The van der Waals surface area contributed by atoms with Crippen LogP contribution in [0.4, 0.5) is 31.7 Å². The SMILES string of the molecule is CCN(CC)c1ccc(Nc2cc(C(=O)Nc3ccc(F)c(F)c3)ncn2)cc1. The smallest absolute Gasteiger partial charge is 0.274 e. The van der Waals surface area contributed by atoms with Crippen LogP contribution in [0.1, 0.15) is 24.3 Å². The summed E-state index contributed by atoms with van der Waals surface area (Å²) in [6, 6.07) is 12.5. The summed E-state index contributed by atoms with van der Waals surface area (Å²) in [5.41, 5.74) is 2.16. The summed E-state index contributed by atoms with van der Waals surface area (Å²) in [6.07, 6.45) is 1.26. The fourth-order valence-corrected chi connectivity index (χ4v) is 2.81. The molecule has 1 aromatic heterocycles. The van der Waals surface area contributed by atoms with Crippen LogP contribution in [0.15, 0.2) is 54.9 Å². The van der Waals surface area contributed by atoms with Gasteiger partial charge in [0.2, 0.25) is 0 Å². The highest BCUT2D eigenvalue weighted by Crippen LogP contribution is 2.21. The quantitative estimate of drug-likeness (QED) is 0.610. The Balaban J connectivity index is 1.70. The van der Waals surface area contributed by atoms with Gasteiger partial charge in [0, 0.05) is 42.3 Å². The van der Waals surface area contributed by atoms with Gasteiger partial charge in [-0.25, -0.2) is 18.7 Å². The number of hydrogen-bond donors (Lipinski definition) is 2. The van der Waals surface area contributed by atoms with Crippen LogP contribution in [0, 0.1) is 11.6 Å². The van der Waals surface area contributed by atoms with Crippen LogP contribution >= 0.6 is 0 Å². The first-order valence-corrected chi connectivity index (χ1v) is 9.20. The predicted molar refractivity (Wildman–Crippen MR) is 110 cm³/mol. The molecule has 3 aromatic rings. The molecule has 6 nitrogen and oxygen atoms in total. The van der Waals surface area contributed by atoms with Crippen LogP contribution in [-0.2, 0) is 0 Å². The molecule has 0 spiro atoms. The lowest BCUT2D eigenvalue weighted by atomic mass is 10.2. The molecule has 1 amide bonds. The highest BCUT2D eigenvalue weighted by atomic mass is 19.2. The van der Waals surface area contributed by atoms with Crippen LogP contribution in [0.2, 0.25) is 0 Å². The lowest BCUT2D eigenvalue weighted by Gasteiger charge is -2.21. The molecule has 0 saturated heterocycles. The number of amides is 1.